The van der Waals surface area contributed by atoms with Gasteiger partial charge < -0.3 is 0 Å². The van der Waals surface area contributed by atoms with Crippen LogP contribution in [0.2, 0.25) is 0 Å². The summed E-state index contributed by atoms with van der Waals surface area (Å²) in [5, 5.41) is 0. The summed E-state index contributed by atoms with van der Waals surface area (Å²) in [4.78, 5) is 17.0. The monoisotopic (exact) mass is 362 g/mol. The lowest BCUT2D eigenvalue weighted by Gasteiger charge is -2.37. The minimum atomic E-state index is -3.52. The highest BCUT2D eigenvalue weighted by atomic mass is 32.2. The van der Waals surface area contributed by atoms with E-state index in [2.05, 4.69) is 18.8 Å². The highest BCUT2D eigenvalue weighted by molar-refractivity contribution is 7.89. The van der Waals surface area contributed by atoms with Gasteiger partial charge >= 0.3 is 0 Å². The molecule has 0 amide bonds. The van der Waals surface area contributed by atoms with Crippen molar-refractivity contribution in [2.24, 2.45) is 16.7 Å². The van der Waals surface area contributed by atoms with Gasteiger partial charge in [0.05, 0.1) is 18.0 Å². The van der Waals surface area contributed by atoms with Crippen molar-refractivity contribution in [2.45, 2.75) is 58.5 Å². The van der Waals surface area contributed by atoms with Crippen molar-refractivity contribution in [1.82, 2.24) is 9.29 Å². The van der Waals surface area contributed by atoms with Crippen molar-refractivity contribution in [1.29, 1.82) is 0 Å². The second-order valence-electron chi connectivity index (χ2n) is 8.52. The molecule has 3 saturated carbocycles. The van der Waals surface area contributed by atoms with Crippen molar-refractivity contribution in [3.8, 4) is 0 Å². The Hall–Kier alpha value is -1.27. The number of fused-ring (bicyclic) bond motifs is 2. The van der Waals surface area contributed by atoms with Gasteiger partial charge in [-0.15, -0.1) is 0 Å². The number of Topliss-reactive ketones (excluding diaryl/α,β-unsaturated/α-hetero) is 1. The van der Waals surface area contributed by atoms with Gasteiger partial charge in [-0.25, -0.2) is 8.42 Å². The van der Waals surface area contributed by atoms with Crippen LogP contribution < -0.4 is 0 Å². The molecule has 3 fully saturated rings. The highest BCUT2D eigenvalue weighted by Gasteiger charge is 2.65. The molecular formula is C19H26N2O3S. The van der Waals surface area contributed by atoms with Gasteiger partial charge in [-0.05, 0) is 49.1 Å². The first-order valence-corrected chi connectivity index (χ1v) is 10.8. The lowest BCUT2D eigenvalue weighted by molar-refractivity contribution is -0.128. The molecule has 1 aromatic rings. The van der Waals surface area contributed by atoms with Crippen LogP contribution in [0.1, 0.15) is 51.6 Å². The van der Waals surface area contributed by atoms with Gasteiger partial charge in [-0.2, -0.15) is 4.31 Å². The maximum atomic E-state index is 13.3. The third-order valence-corrected chi connectivity index (χ3v) is 8.92. The molecule has 0 unspecified atom stereocenters. The minimum Gasteiger partial charge on any atom is -0.299 e. The number of aromatic nitrogens is 1. The van der Waals surface area contributed by atoms with Crippen LogP contribution in [0, 0.1) is 16.7 Å². The molecule has 2 bridgehead atoms. The number of hydrogen-bond donors (Lipinski definition) is 0. The maximum Gasteiger partial charge on any atom is 0.215 e. The molecular weight excluding hydrogens is 336 g/mol. The smallest absolute Gasteiger partial charge is 0.215 e. The molecule has 3 aliphatic rings. The van der Waals surface area contributed by atoms with Gasteiger partial charge in [0.2, 0.25) is 10.0 Å². The number of nitrogens with zero attached hydrogens (tertiary/aromatic N) is 2. The quantitative estimate of drug-likeness (QED) is 0.780. The number of rotatable bonds is 6. The van der Waals surface area contributed by atoms with E-state index in [0.717, 1.165) is 25.0 Å². The number of sulfonamides is 1. The molecule has 6 heteroatoms. The van der Waals surface area contributed by atoms with Gasteiger partial charge in [-0.1, -0.05) is 19.9 Å². The van der Waals surface area contributed by atoms with E-state index in [1.165, 1.54) is 0 Å². The zero-order valence-electron chi connectivity index (χ0n) is 14.9. The van der Waals surface area contributed by atoms with E-state index in [0.29, 0.717) is 25.3 Å². The van der Waals surface area contributed by atoms with Crippen molar-refractivity contribution in [2.75, 3.05) is 5.75 Å². The summed E-state index contributed by atoms with van der Waals surface area (Å²) in [5.74, 6) is 0.456. The Morgan fingerprint density at radius 1 is 1.24 bits per heavy atom. The zero-order chi connectivity index (χ0) is 17.9. The first-order valence-electron chi connectivity index (χ1n) is 9.19. The summed E-state index contributed by atoms with van der Waals surface area (Å²) < 4.78 is 28.3. The summed E-state index contributed by atoms with van der Waals surface area (Å²) in [6.07, 6.45) is 5.73. The van der Waals surface area contributed by atoms with Crippen LogP contribution in [0.4, 0.5) is 0 Å². The molecule has 0 N–H and O–H groups in total. The fourth-order valence-electron chi connectivity index (χ4n) is 4.97. The molecule has 1 heterocycles. The first kappa shape index (κ1) is 17.2. The Morgan fingerprint density at radius 3 is 2.52 bits per heavy atom. The van der Waals surface area contributed by atoms with E-state index in [1.54, 1.807) is 10.5 Å². The van der Waals surface area contributed by atoms with E-state index >= 15 is 0 Å². The van der Waals surface area contributed by atoms with Crippen molar-refractivity contribution < 1.29 is 13.2 Å². The van der Waals surface area contributed by atoms with Crippen LogP contribution in [0.25, 0.3) is 0 Å². The summed E-state index contributed by atoms with van der Waals surface area (Å²) in [6.45, 7) is 4.48. The van der Waals surface area contributed by atoms with Crippen LogP contribution in [0.5, 0.6) is 0 Å². The molecule has 136 valence electrons. The molecule has 1 aromatic heterocycles. The fourth-order valence-corrected chi connectivity index (χ4v) is 7.43. The average Bonchev–Trinajstić information content (AvgIpc) is 3.33. The van der Waals surface area contributed by atoms with Crippen LogP contribution in [-0.2, 0) is 21.4 Å². The summed E-state index contributed by atoms with van der Waals surface area (Å²) in [6, 6.07) is 5.64. The van der Waals surface area contributed by atoms with E-state index < -0.39 is 15.4 Å². The first-order chi connectivity index (χ1) is 11.8. The Balaban J connectivity index is 1.63. The number of ketones is 1. The van der Waals surface area contributed by atoms with Crippen molar-refractivity contribution >= 4 is 15.8 Å². The molecule has 25 heavy (non-hydrogen) atoms. The van der Waals surface area contributed by atoms with Crippen LogP contribution in [0.3, 0.4) is 0 Å². The van der Waals surface area contributed by atoms with Crippen LogP contribution >= 0.6 is 0 Å². The molecule has 0 radical (unpaired) electrons. The summed E-state index contributed by atoms with van der Waals surface area (Å²) in [7, 11) is -3.52. The predicted octanol–water partition coefficient (Wildman–Crippen LogP) is 2.77. The minimum absolute atomic E-state index is 0.0360. The van der Waals surface area contributed by atoms with E-state index in [-0.39, 0.29) is 23.0 Å². The molecule has 0 saturated heterocycles. The largest absolute Gasteiger partial charge is 0.299 e. The molecule has 5 nitrogen and oxygen atoms in total. The lowest BCUT2D eigenvalue weighted by Crippen LogP contribution is -2.47. The normalized spacial score (nSPS) is 31.0. The molecule has 0 spiro atoms. The standard InChI is InChI=1S/C19H26N2O3S/c1-18(2)14-8-9-19(18,17(22)11-14)13-25(23,24)21(16-6-7-16)12-15-5-3-4-10-20-15/h3-5,10,14,16H,6-9,11-13H2,1-2H3/t14-,19+/m0/s1. The summed E-state index contributed by atoms with van der Waals surface area (Å²) in [5.41, 5.74) is -0.165. The average molecular weight is 362 g/mol. The molecule has 3 aliphatic carbocycles. The van der Waals surface area contributed by atoms with E-state index in [1.807, 2.05) is 18.2 Å². The number of pyridine rings is 1. The Morgan fingerprint density at radius 2 is 2.00 bits per heavy atom. The molecule has 2 atom stereocenters. The topological polar surface area (TPSA) is 67.3 Å². The third kappa shape index (κ3) is 2.65. The van der Waals surface area contributed by atoms with Gasteiger partial charge in [0, 0.05) is 24.1 Å². The van der Waals surface area contributed by atoms with Gasteiger partial charge in [0.25, 0.3) is 0 Å². The van der Waals surface area contributed by atoms with Crippen molar-refractivity contribution in [3.63, 3.8) is 0 Å². The van der Waals surface area contributed by atoms with Gasteiger partial charge in [0.1, 0.15) is 5.78 Å². The second-order valence-corrected chi connectivity index (χ2v) is 10.4. The highest BCUT2D eigenvalue weighted by Crippen LogP contribution is 2.64. The summed E-state index contributed by atoms with van der Waals surface area (Å²) >= 11 is 0. The predicted molar refractivity (Wildman–Crippen MR) is 95.2 cm³/mol. The van der Waals surface area contributed by atoms with Crippen LogP contribution in [-0.4, -0.2) is 35.3 Å². The molecule has 0 aliphatic heterocycles. The zero-order valence-corrected chi connectivity index (χ0v) is 15.8. The number of carbonyl (C=O) groups is 1. The fraction of sp³-hybridized carbons (Fsp3) is 0.684. The van der Waals surface area contributed by atoms with Crippen molar-refractivity contribution in [3.05, 3.63) is 30.1 Å². The Bertz CT molecular complexity index is 786. The molecule has 4 rings (SSSR count). The van der Waals surface area contributed by atoms with Gasteiger partial charge in [-0.3, -0.25) is 9.78 Å². The van der Waals surface area contributed by atoms with E-state index in [9.17, 15) is 13.2 Å². The molecule has 0 aromatic carbocycles. The van der Waals surface area contributed by atoms with Gasteiger partial charge in [0.15, 0.2) is 0 Å². The second kappa shape index (κ2) is 5.61. The Kier molecular flexibility index (Phi) is 3.85. The number of carbonyl (C=O) groups excluding carboxylic acids is 1. The third-order valence-electron chi connectivity index (χ3n) is 6.92. The van der Waals surface area contributed by atoms with Crippen LogP contribution in [0.15, 0.2) is 24.4 Å². The van der Waals surface area contributed by atoms with E-state index in [4.69, 9.17) is 0 Å². The Labute approximate surface area is 149 Å². The number of hydrogen-bond acceptors (Lipinski definition) is 4. The lowest BCUT2D eigenvalue weighted by atomic mass is 9.70. The SMILES string of the molecule is CC1(C)[C@H]2CC[C@@]1(CS(=O)(=O)N(Cc1ccccn1)C1CC1)C(=O)C2. The maximum absolute atomic E-state index is 13.3.